The molecule has 0 aromatic carbocycles. The predicted octanol–water partition coefficient (Wildman–Crippen LogP) is 0.100. The number of aromatic amines is 1. The van der Waals surface area contributed by atoms with Crippen LogP contribution in [-0.2, 0) is 6.42 Å². The first-order chi connectivity index (χ1) is 7.24. The number of aryl methyl sites for hydroxylation is 1. The Labute approximate surface area is 85.8 Å². The van der Waals surface area contributed by atoms with Crippen LogP contribution in [0.1, 0.15) is 12.6 Å². The minimum atomic E-state index is -0.285. The molecule has 0 fully saturated rings. The van der Waals surface area contributed by atoms with Gasteiger partial charge in [-0.25, -0.2) is 4.98 Å². The molecule has 2 heterocycles. The number of nitrogens with two attached hydrogens (primary N) is 1. The SMILES string of the molecule is CCc1[nH]n(-c2cnccn2)c(=O)c1N. The number of rotatable bonds is 2. The van der Waals surface area contributed by atoms with Crippen molar-refractivity contribution >= 4 is 5.69 Å². The molecule has 0 aliphatic carbocycles. The molecule has 2 aromatic rings. The number of hydrogen-bond donors (Lipinski definition) is 2. The summed E-state index contributed by atoms with van der Waals surface area (Å²) in [5, 5.41) is 2.89. The van der Waals surface area contributed by atoms with E-state index in [9.17, 15) is 4.79 Å². The Morgan fingerprint density at radius 1 is 1.53 bits per heavy atom. The Hall–Kier alpha value is -2.11. The molecule has 15 heavy (non-hydrogen) atoms. The summed E-state index contributed by atoms with van der Waals surface area (Å²) in [5.74, 6) is 0.439. The number of aromatic nitrogens is 4. The zero-order valence-electron chi connectivity index (χ0n) is 8.27. The Bertz CT molecular complexity index is 513. The lowest BCUT2D eigenvalue weighted by molar-refractivity contribution is 0.788. The Morgan fingerprint density at radius 2 is 2.33 bits per heavy atom. The van der Waals surface area contributed by atoms with Crippen molar-refractivity contribution in [3.63, 3.8) is 0 Å². The molecule has 0 bridgehead atoms. The number of anilines is 1. The molecule has 0 spiro atoms. The van der Waals surface area contributed by atoms with E-state index in [0.29, 0.717) is 17.9 Å². The maximum atomic E-state index is 11.7. The van der Waals surface area contributed by atoms with Gasteiger partial charge in [0.15, 0.2) is 5.82 Å². The molecule has 78 valence electrons. The van der Waals surface area contributed by atoms with Crippen LogP contribution in [0.15, 0.2) is 23.4 Å². The van der Waals surface area contributed by atoms with E-state index in [1.807, 2.05) is 6.92 Å². The average Bonchev–Trinajstić information content (AvgIpc) is 2.57. The smallest absolute Gasteiger partial charge is 0.296 e. The van der Waals surface area contributed by atoms with Crippen molar-refractivity contribution in [1.29, 1.82) is 0 Å². The third-order valence-electron chi connectivity index (χ3n) is 2.14. The van der Waals surface area contributed by atoms with E-state index in [2.05, 4.69) is 15.1 Å². The number of hydrogen-bond acceptors (Lipinski definition) is 4. The van der Waals surface area contributed by atoms with Crippen LogP contribution in [0.4, 0.5) is 5.69 Å². The summed E-state index contributed by atoms with van der Waals surface area (Å²) in [7, 11) is 0. The summed E-state index contributed by atoms with van der Waals surface area (Å²) in [6, 6.07) is 0. The molecular formula is C9H11N5O. The monoisotopic (exact) mass is 205 g/mol. The first-order valence-corrected chi connectivity index (χ1v) is 4.59. The van der Waals surface area contributed by atoms with E-state index in [1.165, 1.54) is 17.1 Å². The molecular weight excluding hydrogens is 194 g/mol. The molecule has 0 atom stereocenters. The summed E-state index contributed by atoms with van der Waals surface area (Å²) in [5.41, 5.74) is 6.31. The van der Waals surface area contributed by atoms with Crippen LogP contribution < -0.4 is 11.3 Å². The fraction of sp³-hybridized carbons (Fsp3) is 0.222. The van der Waals surface area contributed by atoms with Crippen molar-refractivity contribution in [1.82, 2.24) is 19.7 Å². The molecule has 2 rings (SSSR count). The second-order valence-electron chi connectivity index (χ2n) is 3.06. The van der Waals surface area contributed by atoms with Crippen molar-refractivity contribution in [2.75, 3.05) is 5.73 Å². The minimum Gasteiger partial charge on any atom is -0.393 e. The van der Waals surface area contributed by atoms with Gasteiger partial charge in [0, 0.05) is 12.4 Å². The first kappa shape index (κ1) is 9.45. The largest absolute Gasteiger partial charge is 0.393 e. The summed E-state index contributed by atoms with van der Waals surface area (Å²) in [6.07, 6.45) is 5.23. The van der Waals surface area contributed by atoms with E-state index in [4.69, 9.17) is 5.73 Å². The molecule has 0 aliphatic rings. The average molecular weight is 205 g/mol. The van der Waals surface area contributed by atoms with Crippen molar-refractivity contribution in [2.24, 2.45) is 0 Å². The second kappa shape index (κ2) is 3.56. The van der Waals surface area contributed by atoms with E-state index in [0.717, 1.165) is 0 Å². The van der Waals surface area contributed by atoms with Crippen LogP contribution >= 0.6 is 0 Å². The number of H-pyrrole nitrogens is 1. The maximum Gasteiger partial charge on any atom is 0.296 e. The van der Waals surface area contributed by atoms with Gasteiger partial charge >= 0.3 is 0 Å². The van der Waals surface area contributed by atoms with Crippen LogP contribution in [-0.4, -0.2) is 19.7 Å². The van der Waals surface area contributed by atoms with Crippen LogP contribution in [0.5, 0.6) is 0 Å². The van der Waals surface area contributed by atoms with Crippen LogP contribution in [0, 0.1) is 0 Å². The van der Waals surface area contributed by atoms with Crippen LogP contribution in [0.3, 0.4) is 0 Å². The topological polar surface area (TPSA) is 89.6 Å². The summed E-state index contributed by atoms with van der Waals surface area (Å²) < 4.78 is 1.29. The quantitative estimate of drug-likeness (QED) is 0.727. The summed E-state index contributed by atoms with van der Waals surface area (Å²) in [4.78, 5) is 19.6. The lowest BCUT2D eigenvalue weighted by Crippen LogP contribution is -2.17. The molecule has 0 unspecified atom stereocenters. The first-order valence-electron chi connectivity index (χ1n) is 4.59. The molecule has 6 nitrogen and oxygen atoms in total. The minimum absolute atomic E-state index is 0.239. The highest BCUT2D eigenvalue weighted by atomic mass is 16.1. The molecule has 0 saturated carbocycles. The van der Waals surface area contributed by atoms with Gasteiger partial charge in [-0.1, -0.05) is 6.92 Å². The van der Waals surface area contributed by atoms with Crippen LogP contribution in [0.25, 0.3) is 5.82 Å². The third-order valence-corrected chi connectivity index (χ3v) is 2.14. The van der Waals surface area contributed by atoms with Gasteiger partial charge in [-0.15, -0.1) is 0 Å². The Kier molecular flexibility index (Phi) is 2.24. The van der Waals surface area contributed by atoms with Crippen molar-refractivity contribution < 1.29 is 0 Å². The lowest BCUT2D eigenvalue weighted by Gasteiger charge is -1.97. The predicted molar refractivity (Wildman–Crippen MR) is 55.8 cm³/mol. The Morgan fingerprint density at radius 3 is 2.87 bits per heavy atom. The molecule has 3 N–H and O–H groups in total. The molecule has 6 heteroatoms. The van der Waals surface area contributed by atoms with E-state index < -0.39 is 0 Å². The Balaban J connectivity index is 2.60. The van der Waals surface area contributed by atoms with Gasteiger partial charge in [0.25, 0.3) is 5.56 Å². The number of nitrogen functional groups attached to an aromatic ring is 1. The van der Waals surface area contributed by atoms with Crippen molar-refractivity contribution in [3.8, 4) is 5.82 Å². The molecule has 2 aromatic heterocycles. The second-order valence-corrected chi connectivity index (χ2v) is 3.06. The number of nitrogens with zero attached hydrogens (tertiary/aromatic N) is 3. The molecule has 0 radical (unpaired) electrons. The van der Waals surface area contributed by atoms with Gasteiger partial charge in [-0.3, -0.25) is 14.9 Å². The van der Waals surface area contributed by atoms with E-state index >= 15 is 0 Å². The third kappa shape index (κ3) is 1.50. The lowest BCUT2D eigenvalue weighted by atomic mass is 10.3. The van der Waals surface area contributed by atoms with Gasteiger partial charge in [0.05, 0.1) is 11.9 Å². The highest BCUT2D eigenvalue weighted by Gasteiger charge is 2.10. The fourth-order valence-electron chi connectivity index (χ4n) is 1.33. The maximum absolute atomic E-state index is 11.7. The molecule has 0 saturated heterocycles. The molecule has 0 aliphatic heterocycles. The van der Waals surface area contributed by atoms with Gasteiger partial charge in [-0.2, -0.15) is 4.68 Å². The van der Waals surface area contributed by atoms with Crippen molar-refractivity contribution in [2.45, 2.75) is 13.3 Å². The number of nitrogens with one attached hydrogen (secondary N) is 1. The van der Waals surface area contributed by atoms with Crippen molar-refractivity contribution in [3.05, 3.63) is 34.6 Å². The summed E-state index contributed by atoms with van der Waals surface area (Å²) in [6.45, 7) is 1.92. The highest BCUT2D eigenvalue weighted by molar-refractivity contribution is 5.42. The fourth-order valence-corrected chi connectivity index (χ4v) is 1.33. The zero-order chi connectivity index (χ0) is 10.8. The zero-order valence-corrected chi connectivity index (χ0v) is 8.27. The van der Waals surface area contributed by atoms with E-state index in [-0.39, 0.29) is 11.2 Å². The standard InChI is InChI=1S/C9H11N5O/c1-2-6-8(10)9(15)14(13-6)7-5-11-3-4-12-7/h3-5,13H,2,10H2,1H3. The van der Waals surface area contributed by atoms with Gasteiger partial charge in [-0.05, 0) is 6.42 Å². The van der Waals surface area contributed by atoms with Gasteiger partial charge in [0.1, 0.15) is 5.69 Å². The highest BCUT2D eigenvalue weighted by Crippen LogP contribution is 2.06. The summed E-state index contributed by atoms with van der Waals surface area (Å²) >= 11 is 0. The van der Waals surface area contributed by atoms with Gasteiger partial charge < -0.3 is 5.73 Å². The molecule has 0 amide bonds. The van der Waals surface area contributed by atoms with Gasteiger partial charge in [0.2, 0.25) is 0 Å². The van der Waals surface area contributed by atoms with E-state index in [1.54, 1.807) is 6.20 Å². The normalized spacial score (nSPS) is 10.5. The van der Waals surface area contributed by atoms with Crippen LogP contribution in [0.2, 0.25) is 0 Å².